The summed E-state index contributed by atoms with van der Waals surface area (Å²) >= 11 is 0. The average molecular weight is 264 g/mol. The number of pyridine rings is 1. The van der Waals surface area contributed by atoms with E-state index in [-0.39, 0.29) is 5.97 Å². The van der Waals surface area contributed by atoms with Crippen LogP contribution in [0.15, 0.2) is 18.3 Å². The molecule has 0 aliphatic rings. The van der Waals surface area contributed by atoms with Gasteiger partial charge in [0.05, 0.1) is 6.61 Å². The Morgan fingerprint density at radius 2 is 2.16 bits per heavy atom. The molecule has 0 saturated carbocycles. The molecule has 4 heteroatoms. The van der Waals surface area contributed by atoms with Crippen molar-refractivity contribution in [1.82, 2.24) is 10.3 Å². The standard InChI is InChI=1S/C15H24N2O2/c1-3-19-15(18)7-5-4-6-10-16-11-14-9-8-13(2)17-12-14/h8-9,12,16H,3-7,10-11H2,1-2H3. The second-order valence-corrected chi connectivity index (χ2v) is 4.60. The smallest absolute Gasteiger partial charge is 0.305 e. The Morgan fingerprint density at radius 3 is 2.84 bits per heavy atom. The van der Waals surface area contributed by atoms with Crippen molar-refractivity contribution in [3.63, 3.8) is 0 Å². The molecule has 0 aliphatic heterocycles. The Balaban J connectivity index is 1.96. The fraction of sp³-hybridized carbons (Fsp3) is 0.600. The number of hydrogen-bond acceptors (Lipinski definition) is 4. The Labute approximate surface area is 115 Å². The van der Waals surface area contributed by atoms with Gasteiger partial charge in [-0.1, -0.05) is 12.5 Å². The summed E-state index contributed by atoms with van der Waals surface area (Å²) in [6.45, 7) is 6.12. The van der Waals surface area contributed by atoms with E-state index in [0.717, 1.165) is 38.0 Å². The van der Waals surface area contributed by atoms with Crippen LogP contribution in [0.3, 0.4) is 0 Å². The minimum atomic E-state index is -0.0822. The molecule has 1 aromatic rings. The highest BCUT2D eigenvalue weighted by Crippen LogP contribution is 2.02. The number of unbranched alkanes of at least 4 members (excludes halogenated alkanes) is 2. The SMILES string of the molecule is CCOC(=O)CCCCCNCc1ccc(C)nc1. The van der Waals surface area contributed by atoms with Crippen LogP contribution in [0.1, 0.15) is 43.9 Å². The summed E-state index contributed by atoms with van der Waals surface area (Å²) in [7, 11) is 0. The third-order valence-electron chi connectivity index (χ3n) is 2.84. The van der Waals surface area contributed by atoms with Crippen LogP contribution in [0, 0.1) is 6.92 Å². The van der Waals surface area contributed by atoms with Crippen molar-refractivity contribution in [1.29, 1.82) is 0 Å². The van der Waals surface area contributed by atoms with Gasteiger partial charge in [-0.2, -0.15) is 0 Å². The van der Waals surface area contributed by atoms with Gasteiger partial charge in [-0.25, -0.2) is 0 Å². The Hall–Kier alpha value is -1.42. The number of aryl methyl sites for hydroxylation is 1. The monoisotopic (exact) mass is 264 g/mol. The van der Waals surface area contributed by atoms with Gasteiger partial charge in [0.2, 0.25) is 0 Å². The van der Waals surface area contributed by atoms with Gasteiger partial charge in [0, 0.05) is 24.9 Å². The summed E-state index contributed by atoms with van der Waals surface area (Å²) in [6, 6.07) is 4.12. The summed E-state index contributed by atoms with van der Waals surface area (Å²) in [5, 5.41) is 3.38. The third kappa shape index (κ3) is 7.57. The van der Waals surface area contributed by atoms with E-state index in [4.69, 9.17) is 4.74 Å². The minimum absolute atomic E-state index is 0.0822. The Kier molecular flexibility index (Phi) is 7.82. The number of ether oxygens (including phenoxy) is 1. The molecule has 0 aliphatic carbocycles. The van der Waals surface area contributed by atoms with E-state index in [0.29, 0.717) is 13.0 Å². The first-order chi connectivity index (χ1) is 9.22. The molecular formula is C15H24N2O2. The zero-order valence-electron chi connectivity index (χ0n) is 11.9. The zero-order valence-corrected chi connectivity index (χ0v) is 11.9. The number of carbonyl (C=O) groups excluding carboxylic acids is 1. The lowest BCUT2D eigenvalue weighted by molar-refractivity contribution is -0.143. The fourth-order valence-corrected chi connectivity index (χ4v) is 1.77. The van der Waals surface area contributed by atoms with E-state index >= 15 is 0 Å². The molecule has 0 aromatic carbocycles. The lowest BCUT2D eigenvalue weighted by Crippen LogP contribution is -2.15. The number of hydrogen-bond donors (Lipinski definition) is 1. The van der Waals surface area contributed by atoms with Crippen LogP contribution >= 0.6 is 0 Å². The van der Waals surface area contributed by atoms with Gasteiger partial charge in [0.1, 0.15) is 0 Å². The Bertz CT molecular complexity index is 363. The molecule has 1 aromatic heterocycles. The highest BCUT2D eigenvalue weighted by atomic mass is 16.5. The molecule has 1 N–H and O–H groups in total. The van der Waals surface area contributed by atoms with Gasteiger partial charge in [-0.15, -0.1) is 0 Å². The molecular weight excluding hydrogens is 240 g/mol. The van der Waals surface area contributed by atoms with Gasteiger partial charge in [-0.05, 0) is 44.9 Å². The molecule has 1 rings (SSSR count). The van der Waals surface area contributed by atoms with Crippen LogP contribution in [-0.4, -0.2) is 24.1 Å². The van der Waals surface area contributed by atoms with Gasteiger partial charge < -0.3 is 10.1 Å². The summed E-state index contributed by atoms with van der Waals surface area (Å²) in [5.41, 5.74) is 2.25. The molecule has 4 nitrogen and oxygen atoms in total. The van der Waals surface area contributed by atoms with Gasteiger partial charge >= 0.3 is 5.97 Å². The lowest BCUT2D eigenvalue weighted by Gasteiger charge is -2.05. The topological polar surface area (TPSA) is 51.2 Å². The van der Waals surface area contributed by atoms with Crippen molar-refractivity contribution in [2.45, 2.75) is 46.1 Å². The van der Waals surface area contributed by atoms with Crippen LogP contribution in [-0.2, 0) is 16.1 Å². The number of nitrogens with one attached hydrogen (secondary N) is 1. The second-order valence-electron chi connectivity index (χ2n) is 4.60. The predicted molar refractivity (Wildman–Crippen MR) is 75.8 cm³/mol. The van der Waals surface area contributed by atoms with E-state index in [1.54, 1.807) is 0 Å². The van der Waals surface area contributed by atoms with Crippen LogP contribution in [0.2, 0.25) is 0 Å². The van der Waals surface area contributed by atoms with Crippen molar-refractivity contribution in [3.8, 4) is 0 Å². The zero-order chi connectivity index (χ0) is 13.9. The van der Waals surface area contributed by atoms with Crippen molar-refractivity contribution >= 4 is 5.97 Å². The highest BCUT2D eigenvalue weighted by molar-refractivity contribution is 5.69. The molecule has 0 bridgehead atoms. The van der Waals surface area contributed by atoms with Gasteiger partial charge in [0.15, 0.2) is 0 Å². The fourth-order valence-electron chi connectivity index (χ4n) is 1.77. The predicted octanol–water partition coefficient (Wildman–Crippen LogP) is 2.60. The summed E-state index contributed by atoms with van der Waals surface area (Å²) < 4.78 is 4.88. The molecule has 0 unspecified atom stereocenters. The first-order valence-electron chi connectivity index (χ1n) is 7.00. The molecule has 0 spiro atoms. The van der Waals surface area contributed by atoms with Crippen LogP contribution < -0.4 is 5.32 Å². The number of nitrogens with zero attached hydrogens (tertiary/aromatic N) is 1. The minimum Gasteiger partial charge on any atom is -0.466 e. The molecule has 0 fully saturated rings. The quantitative estimate of drug-likeness (QED) is 0.550. The van der Waals surface area contributed by atoms with E-state index in [9.17, 15) is 4.79 Å². The largest absolute Gasteiger partial charge is 0.466 e. The molecule has 106 valence electrons. The normalized spacial score (nSPS) is 10.4. The molecule has 1 heterocycles. The number of rotatable bonds is 9. The highest BCUT2D eigenvalue weighted by Gasteiger charge is 2.00. The van der Waals surface area contributed by atoms with Crippen LogP contribution in [0.4, 0.5) is 0 Å². The molecule has 0 radical (unpaired) electrons. The van der Waals surface area contributed by atoms with Gasteiger partial charge in [0.25, 0.3) is 0 Å². The van der Waals surface area contributed by atoms with E-state index in [1.165, 1.54) is 5.56 Å². The van der Waals surface area contributed by atoms with Crippen molar-refractivity contribution in [3.05, 3.63) is 29.6 Å². The molecule has 0 amide bonds. The number of aromatic nitrogens is 1. The van der Waals surface area contributed by atoms with E-state index in [1.807, 2.05) is 26.1 Å². The Morgan fingerprint density at radius 1 is 1.32 bits per heavy atom. The summed E-state index contributed by atoms with van der Waals surface area (Å²) in [4.78, 5) is 15.4. The molecule has 0 saturated heterocycles. The van der Waals surface area contributed by atoms with E-state index in [2.05, 4.69) is 16.4 Å². The number of carbonyl (C=O) groups is 1. The van der Waals surface area contributed by atoms with Crippen molar-refractivity contribution < 1.29 is 9.53 Å². The first-order valence-corrected chi connectivity index (χ1v) is 7.00. The average Bonchev–Trinajstić information content (AvgIpc) is 2.40. The first kappa shape index (κ1) is 15.6. The maximum absolute atomic E-state index is 11.1. The summed E-state index contributed by atoms with van der Waals surface area (Å²) in [5.74, 6) is -0.0822. The third-order valence-corrected chi connectivity index (χ3v) is 2.84. The summed E-state index contributed by atoms with van der Waals surface area (Å²) in [6.07, 6.45) is 5.49. The maximum Gasteiger partial charge on any atom is 0.305 e. The molecule has 19 heavy (non-hydrogen) atoms. The van der Waals surface area contributed by atoms with Crippen LogP contribution in [0.25, 0.3) is 0 Å². The van der Waals surface area contributed by atoms with Gasteiger partial charge in [-0.3, -0.25) is 9.78 Å². The van der Waals surface area contributed by atoms with Crippen molar-refractivity contribution in [2.75, 3.05) is 13.2 Å². The second kappa shape index (κ2) is 9.50. The van der Waals surface area contributed by atoms with Crippen LogP contribution in [0.5, 0.6) is 0 Å². The molecule has 0 atom stereocenters. The maximum atomic E-state index is 11.1. The van der Waals surface area contributed by atoms with Crippen molar-refractivity contribution in [2.24, 2.45) is 0 Å². The number of esters is 1. The van der Waals surface area contributed by atoms with E-state index < -0.39 is 0 Å². The lowest BCUT2D eigenvalue weighted by atomic mass is 10.2.